The number of aromatic nitrogens is 1. The number of halogens is 1. The molecule has 9 heavy (non-hydrogen) atoms. The molecule has 0 aliphatic heterocycles. The van der Waals surface area contributed by atoms with E-state index in [2.05, 4.69) is 27.3 Å². The lowest BCUT2D eigenvalue weighted by Gasteiger charge is -1.91. The van der Waals surface area contributed by atoms with E-state index >= 15 is 0 Å². The van der Waals surface area contributed by atoms with Gasteiger partial charge in [0.1, 0.15) is 0 Å². The topological polar surface area (TPSA) is 12.9 Å². The molecule has 0 saturated heterocycles. The van der Waals surface area contributed by atoms with E-state index in [1.807, 2.05) is 18.3 Å². The van der Waals surface area contributed by atoms with E-state index in [0.29, 0.717) is 0 Å². The summed E-state index contributed by atoms with van der Waals surface area (Å²) >= 11 is 3.30. The minimum Gasteiger partial charge on any atom is -0.264 e. The number of hydrogen-bond donors (Lipinski definition) is 0. The Morgan fingerprint density at radius 3 is 3.11 bits per heavy atom. The van der Waals surface area contributed by atoms with Gasteiger partial charge in [-0.15, -0.1) is 0 Å². The van der Waals surface area contributed by atoms with Crippen LogP contribution in [0.3, 0.4) is 0 Å². The van der Waals surface area contributed by atoms with E-state index in [9.17, 15) is 0 Å². The summed E-state index contributed by atoms with van der Waals surface area (Å²) in [6, 6.07) is 3.95. The van der Waals surface area contributed by atoms with E-state index in [0.717, 1.165) is 10.9 Å². The summed E-state index contributed by atoms with van der Waals surface area (Å²) < 4.78 is 0. The van der Waals surface area contributed by atoms with Crippen LogP contribution in [0.2, 0.25) is 0 Å². The van der Waals surface area contributed by atoms with Crippen LogP contribution in [-0.2, 0) is 0 Å². The molecule has 0 N–H and O–H groups in total. The van der Waals surface area contributed by atoms with Crippen LogP contribution in [0, 0.1) is 6.42 Å². The molecule has 0 spiro atoms. The molecular weight excluding hydrogens is 178 g/mol. The highest BCUT2D eigenvalue weighted by molar-refractivity contribution is 9.09. The number of rotatable bonds is 2. The SMILES string of the molecule is BrC[CH]c1cccnc1. The second kappa shape index (κ2) is 3.62. The van der Waals surface area contributed by atoms with Gasteiger partial charge in [-0.1, -0.05) is 22.0 Å². The molecule has 0 fully saturated rings. The maximum absolute atomic E-state index is 3.95. The molecule has 1 heterocycles. The molecule has 0 aliphatic carbocycles. The predicted octanol–water partition coefficient (Wildman–Crippen LogP) is 2.03. The van der Waals surface area contributed by atoms with Crippen LogP contribution in [0.4, 0.5) is 0 Å². The Morgan fingerprint density at radius 2 is 2.56 bits per heavy atom. The molecule has 1 nitrogen and oxygen atoms in total. The Morgan fingerprint density at radius 1 is 1.67 bits per heavy atom. The van der Waals surface area contributed by atoms with E-state index in [-0.39, 0.29) is 0 Å². The Kier molecular flexibility index (Phi) is 2.71. The van der Waals surface area contributed by atoms with Gasteiger partial charge in [0, 0.05) is 24.1 Å². The number of hydrogen-bond acceptors (Lipinski definition) is 1. The molecule has 0 atom stereocenters. The molecule has 0 aromatic carbocycles. The maximum atomic E-state index is 3.95. The van der Waals surface area contributed by atoms with Crippen molar-refractivity contribution < 1.29 is 0 Å². The molecule has 1 aromatic heterocycles. The molecule has 47 valence electrons. The fraction of sp³-hybridized carbons (Fsp3) is 0.143. The van der Waals surface area contributed by atoms with Crippen molar-refractivity contribution in [2.45, 2.75) is 0 Å². The molecule has 0 saturated carbocycles. The first kappa shape index (κ1) is 6.75. The zero-order valence-electron chi connectivity index (χ0n) is 4.92. The van der Waals surface area contributed by atoms with Crippen molar-refractivity contribution >= 4 is 15.9 Å². The summed E-state index contributed by atoms with van der Waals surface area (Å²) in [6.45, 7) is 0. The Balaban J connectivity index is 2.61. The van der Waals surface area contributed by atoms with Crippen LogP contribution in [0.1, 0.15) is 5.56 Å². The highest BCUT2D eigenvalue weighted by atomic mass is 79.9. The van der Waals surface area contributed by atoms with Crippen molar-refractivity contribution in [3.63, 3.8) is 0 Å². The van der Waals surface area contributed by atoms with Crippen LogP contribution in [0.25, 0.3) is 0 Å². The smallest absolute Gasteiger partial charge is 0.0303 e. The minimum absolute atomic E-state index is 0.888. The van der Waals surface area contributed by atoms with Crippen molar-refractivity contribution in [3.05, 3.63) is 36.5 Å². The zero-order chi connectivity index (χ0) is 6.53. The largest absolute Gasteiger partial charge is 0.264 e. The fourth-order valence-corrected chi connectivity index (χ4v) is 0.960. The van der Waals surface area contributed by atoms with Crippen LogP contribution in [0.5, 0.6) is 0 Å². The molecule has 1 aromatic rings. The molecule has 0 aliphatic rings. The fourth-order valence-electron chi connectivity index (χ4n) is 0.586. The van der Waals surface area contributed by atoms with Gasteiger partial charge in [-0.3, -0.25) is 4.98 Å². The lowest BCUT2D eigenvalue weighted by atomic mass is 10.2. The quantitative estimate of drug-likeness (QED) is 0.642. The van der Waals surface area contributed by atoms with Gasteiger partial charge in [0.2, 0.25) is 0 Å². The van der Waals surface area contributed by atoms with Gasteiger partial charge in [0.05, 0.1) is 0 Å². The third-order valence-electron chi connectivity index (χ3n) is 0.997. The molecular formula is C7H7BrN. The Labute approximate surface area is 63.2 Å². The average Bonchev–Trinajstić information content (AvgIpc) is 1.91. The third kappa shape index (κ3) is 2.14. The van der Waals surface area contributed by atoms with E-state index in [1.54, 1.807) is 6.20 Å². The van der Waals surface area contributed by atoms with E-state index in [1.165, 1.54) is 0 Å². The van der Waals surface area contributed by atoms with Crippen LogP contribution >= 0.6 is 15.9 Å². The van der Waals surface area contributed by atoms with Crippen LogP contribution in [-0.4, -0.2) is 10.3 Å². The normalized spacial score (nSPS) is 9.44. The monoisotopic (exact) mass is 184 g/mol. The van der Waals surface area contributed by atoms with Crippen molar-refractivity contribution in [2.24, 2.45) is 0 Å². The lowest BCUT2D eigenvalue weighted by molar-refractivity contribution is 1.27. The van der Waals surface area contributed by atoms with Gasteiger partial charge in [0.25, 0.3) is 0 Å². The highest BCUT2D eigenvalue weighted by Crippen LogP contribution is 2.00. The first-order valence-corrected chi connectivity index (χ1v) is 3.85. The Hall–Kier alpha value is -0.370. The summed E-state index contributed by atoms with van der Waals surface area (Å²) in [5.41, 5.74) is 1.16. The first-order valence-electron chi connectivity index (χ1n) is 2.72. The molecule has 2 heteroatoms. The van der Waals surface area contributed by atoms with Gasteiger partial charge in [0.15, 0.2) is 0 Å². The summed E-state index contributed by atoms with van der Waals surface area (Å²) in [7, 11) is 0. The molecule has 0 bridgehead atoms. The molecule has 1 rings (SSSR count). The molecule has 0 amide bonds. The highest BCUT2D eigenvalue weighted by Gasteiger charge is 1.87. The van der Waals surface area contributed by atoms with Gasteiger partial charge in [-0.05, 0) is 11.6 Å². The minimum atomic E-state index is 0.888. The van der Waals surface area contributed by atoms with E-state index < -0.39 is 0 Å². The summed E-state index contributed by atoms with van der Waals surface area (Å²) in [4.78, 5) is 3.95. The van der Waals surface area contributed by atoms with Crippen molar-refractivity contribution in [2.75, 3.05) is 5.33 Å². The van der Waals surface area contributed by atoms with Gasteiger partial charge in [-0.2, -0.15) is 0 Å². The standard InChI is InChI=1S/C7H7BrN/c8-4-3-7-2-1-5-9-6-7/h1-3,5-6H,4H2. The second-order valence-corrected chi connectivity index (χ2v) is 2.29. The average molecular weight is 185 g/mol. The van der Waals surface area contributed by atoms with Crippen LogP contribution < -0.4 is 0 Å². The summed E-state index contributed by atoms with van der Waals surface area (Å²) in [5, 5.41) is 0.888. The summed E-state index contributed by atoms with van der Waals surface area (Å²) in [6.07, 6.45) is 5.67. The van der Waals surface area contributed by atoms with Crippen molar-refractivity contribution in [1.29, 1.82) is 0 Å². The van der Waals surface area contributed by atoms with Crippen LogP contribution in [0.15, 0.2) is 24.5 Å². The number of pyridine rings is 1. The predicted molar refractivity (Wildman–Crippen MR) is 41.4 cm³/mol. The van der Waals surface area contributed by atoms with Gasteiger partial charge >= 0.3 is 0 Å². The van der Waals surface area contributed by atoms with E-state index in [4.69, 9.17) is 0 Å². The zero-order valence-corrected chi connectivity index (χ0v) is 6.51. The second-order valence-electron chi connectivity index (χ2n) is 1.64. The van der Waals surface area contributed by atoms with Gasteiger partial charge in [-0.25, -0.2) is 0 Å². The lowest BCUT2D eigenvalue weighted by Crippen LogP contribution is -1.81. The molecule has 0 unspecified atom stereocenters. The first-order chi connectivity index (χ1) is 4.43. The third-order valence-corrected chi connectivity index (χ3v) is 1.32. The van der Waals surface area contributed by atoms with Gasteiger partial charge < -0.3 is 0 Å². The van der Waals surface area contributed by atoms with Crippen molar-refractivity contribution in [3.8, 4) is 0 Å². The summed E-state index contributed by atoms with van der Waals surface area (Å²) in [5.74, 6) is 0. The number of alkyl halides is 1. The molecule has 1 radical (unpaired) electrons. The maximum Gasteiger partial charge on any atom is 0.0303 e. The Bertz CT molecular complexity index is 162. The van der Waals surface area contributed by atoms with Crippen molar-refractivity contribution in [1.82, 2.24) is 4.98 Å². The number of nitrogens with zero attached hydrogens (tertiary/aromatic N) is 1.